The van der Waals surface area contributed by atoms with Gasteiger partial charge in [-0.3, -0.25) is 4.79 Å². The van der Waals surface area contributed by atoms with Crippen molar-refractivity contribution in [2.45, 2.75) is 11.8 Å². The predicted octanol–water partition coefficient (Wildman–Crippen LogP) is 1.88. The molecule has 1 N–H and O–H groups in total. The Morgan fingerprint density at radius 3 is 2.29 bits per heavy atom. The number of sulfonamides is 1. The van der Waals surface area contributed by atoms with Crippen LogP contribution in [0.15, 0.2) is 59.5 Å². The van der Waals surface area contributed by atoms with Crippen molar-refractivity contribution in [3.05, 3.63) is 60.2 Å². The standard InChI is InChI=1S/C15H15NO4S/c1-12-7-9-13(10-8-12)20-15(17)11-16-21(18,19)14-5-3-2-4-6-14/h2-10,16H,11H2,1H3. The molecule has 2 aromatic rings. The van der Waals surface area contributed by atoms with Gasteiger partial charge < -0.3 is 4.74 Å². The number of rotatable bonds is 5. The maximum absolute atomic E-state index is 11.9. The van der Waals surface area contributed by atoms with Crippen molar-refractivity contribution in [1.29, 1.82) is 0 Å². The van der Waals surface area contributed by atoms with Gasteiger partial charge in [0.2, 0.25) is 10.0 Å². The molecule has 6 heteroatoms. The zero-order chi connectivity index (χ0) is 15.3. The number of aryl methyl sites for hydroxylation is 1. The van der Waals surface area contributed by atoms with Crippen molar-refractivity contribution in [3.63, 3.8) is 0 Å². The van der Waals surface area contributed by atoms with E-state index in [0.717, 1.165) is 5.56 Å². The van der Waals surface area contributed by atoms with Crippen LogP contribution in [0, 0.1) is 6.92 Å². The van der Waals surface area contributed by atoms with E-state index in [1.807, 2.05) is 6.92 Å². The van der Waals surface area contributed by atoms with Crippen molar-refractivity contribution in [2.75, 3.05) is 6.54 Å². The molecule has 2 aromatic carbocycles. The predicted molar refractivity (Wildman–Crippen MR) is 78.4 cm³/mol. The average molecular weight is 305 g/mol. The summed E-state index contributed by atoms with van der Waals surface area (Å²) in [5.74, 6) is -0.289. The lowest BCUT2D eigenvalue weighted by Gasteiger charge is -2.07. The Kier molecular flexibility index (Phi) is 4.72. The Morgan fingerprint density at radius 1 is 1.05 bits per heavy atom. The minimum atomic E-state index is -3.71. The number of nitrogens with one attached hydrogen (secondary N) is 1. The lowest BCUT2D eigenvalue weighted by molar-refractivity contribution is -0.133. The maximum atomic E-state index is 11.9. The summed E-state index contributed by atoms with van der Waals surface area (Å²) in [5, 5.41) is 0. The Balaban J connectivity index is 1.93. The lowest BCUT2D eigenvalue weighted by Crippen LogP contribution is -2.31. The molecule has 21 heavy (non-hydrogen) atoms. The molecule has 2 rings (SSSR count). The summed E-state index contributed by atoms with van der Waals surface area (Å²) >= 11 is 0. The number of esters is 1. The average Bonchev–Trinajstić information content (AvgIpc) is 2.49. The highest BCUT2D eigenvalue weighted by atomic mass is 32.2. The fourth-order valence-corrected chi connectivity index (χ4v) is 2.60. The lowest BCUT2D eigenvalue weighted by atomic mass is 10.2. The summed E-state index contributed by atoms with van der Waals surface area (Å²) in [6.07, 6.45) is 0. The van der Waals surface area contributed by atoms with Crippen LogP contribution in [-0.4, -0.2) is 20.9 Å². The smallest absolute Gasteiger partial charge is 0.326 e. The molecule has 110 valence electrons. The molecule has 0 saturated carbocycles. The van der Waals surface area contributed by atoms with Gasteiger partial charge in [-0.15, -0.1) is 0 Å². The van der Waals surface area contributed by atoms with Crippen molar-refractivity contribution in [2.24, 2.45) is 0 Å². The van der Waals surface area contributed by atoms with Gasteiger partial charge in [-0.25, -0.2) is 8.42 Å². The van der Waals surface area contributed by atoms with Gasteiger partial charge in [0.05, 0.1) is 4.90 Å². The SMILES string of the molecule is Cc1ccc(OC(=O)CNS(=O)(=O)c2ccccc2)cc1. The fourth-order valence-electron chi connectivity index (χ4n) is 1.61. The summed E-state index contributed by atoms with van der Waals surface area (Å²) in [7, 11) is -3.71. The van der Waals surface area contributed by atoms with Crippen LogP contribution < -0.4 is 9.46 Å². The van der Waals surface area contributed by atoms with E-state index >= 15 is 0 Å². The molecular weight excluding hydrogens is 290 g/mol. The van der Waals surface area contributed by atoms with Crippen molar-refractivity contribution >= 4 is 16.0 Å². The third-order valence-electron chi connectivity index (χ3n) is 2.71. The molecule has 0 aliphatic rings. The normalized spacial score (nSPS) is 11.1. The topological polar surface area (TPSA) is 72.5 Å². The molecule has 0 atom stereocenters. The van der Waals surface area contributed by atoms with Crippen LogP contribution >= 0.6 is 0 Å². The van der Waals surface area contributed by atoms with Crippen LogP contribution in [0.3, 0.4) is 0 Å². The first-order chi connectivity index (χ1) is 9.97. The van der Waals surface area contributed by atoms with E-state index in [1.165, 1.54) is 12.1 Å². The van der Waals surface area contributed by atoms with E-state index < -0.39 is 22.5 Å². The first kappa shape index (κ1) is 15.2. The second kappa shape index (κ2) is 6.51. The molecule has 0 fully saturated rings. The molecule has 5 nitrogen and oxygen atoms in total. The highest BCUT2D eigenvalue weighted by Gasteiger charge is 2.15. The Bertz CT molecular complexity index is 709. The van der Waals surface area contributed by atoms with Crippen molar-refractivity contribution in [1.82, 2.24) is 4.72 Å². The molecule has 0 heterocycles. The van der Waals surface area contributed by atoms with E-state index in [0.29, 0.717) is 5.75 Å². The van der Waals surface area contributed by atoms with Crippen LogP contribution in [0.2, 0.25) is 0 Å². The van der Waals surface area contributed by atoms with Crippen LogP contribution in [0.4, 0.5) is 0 Å². The van der Waals surface area contributed by atoms with Crippen molar-refractivity contribution < 1.29 is 17.9 Å². The number of ether oxygens (including phenoxy) is 1. The van der Waals surface area contributed by atoms with E-state index in [1.54, 1.807) is 42.5 Å². The molecule has 0 radical (unpaired) electrons. The second-order valence-electron chi connectivity index (χ2n) is 4.42. The number of hydrogen-bond donors (Lipinski definition) is 1. The Labute approximate surface area is 123 Å². The van der Waals surface area contributed by atoms with Crippen LogP contribution in [0.1, 0.15) is 5.56 Å². The minimum absolute atomic E-state index is 0.105. The van der Waals surface area contributed by atoms with Gasteiger partial charge in [0.15, 0.2) is 0 Å². The molecule has 0 unspecified atom stereocenters. The largest absolute Gasteiger partial charge is 0.426 e. The van der Waals surface area contributed by atoms with Gasteiger partial charge >= 0.3 is 5.97 Å². The summed E-state index contributed by atoms with van der Waals surface area (Å²) < 4.78 is 31.1. The fraction of sp³-hybridized carbons (Fsp3) is 0.133. The van der Waals surface area contributed by atoms with E-state index in [-0.39, 0.29) is 4.90 Å². The van der Waals surface area contributed by atoms with Gasteiger partial charge in [0.1, 0.15) is 12.3 Å². The third-order valence-corrected chi connectivity index (χ3v) is 4.13. The number of hydrogen-bond acceptors (Lipinski definition) is 4. The molecule has 0 spiro atoms. The van der Waals surface area contributed by atoms with Crippen LogP contribution in [0.25, 0.3) is 0 Å². The zero-order valence-corrected chi connectivity index (χ0v) is 12.3. The number of benzene rings is 2. The van der Waals surface area contributed by atoms with E-state index in [9.17, 15) is 13.2 Å². The number of carbonyl (C=O) groups excluding carboxylic acids is 1. The quantitative estimate of drug-likeness (QED) is 0.676. The van der Waals surface area contributed by atoms with Gasteiger partial charge in [-0.2, -0.15) is 4.72 Å². The van der Waals surface area contributed by atoms with Gasteiger partial charge in [-0.1, -0.05) is 35.9 Å². The second-order valence-corrected chi connectivity index (χ2v) is 6.19. The highest BCUT2D eigenvalue weighted by molar-refractivity contribution is 7.89. The Morgan fingerprint density at radius 2 is 1.67 bits per heavy atom. The first-order valence-electron chi connectivity index (χ1n) is 6.29. The van der Waals surface area contributed by atoms with E-state index in [2.05, 4.69) is 4.72 Å². The van der Waals surface area contributed by atoms with Crippen LogP contribution in [-0.2, 0) is 14.8 Å². The molecule has 0 amide bonds. The van der Waals surface area contributed by atoms with Gasteiger partial charge in [0.25, 0.3) is 0 Å². The molecule has 0 bridgehead atoms. The maximum Gasteiger partial charge on any atom is 0.326 e. The molecule has 0 aromatic heterocycles. The van der Waals surface area contributed by atoms with Crippen LogP contribution in [0.5, 0.6) is 5.75 Å². The molecular formula is C15H15NO4S. The first-order valence-corrected chi connectivity index (χ1v) is 7.78. The molecule has 0 saturated heterocycles. The highest BCUT2D eigenvalue weighted by Crippen LogP contribution is 2.11. The summed E-state index contributed by atoms with van der Waals surface area (Å²) in [5.41, 5.74) is 1.04. The summed E-state index contributed by atoms with van der Waals surface area (Å²) in [6.45, 7) is 1.49. The summed E-state index contributed by atoms with van der Waals surface area (Å²) in [4.78, 5) is 11.7. The zero-order valence-electron chi connectivity index (χ0n) is 11.4. The third kappa shape index (κ3) is 4.40. The monoisotopic (exact) mass is 305 g/mol. The molecule has 0 aliphatic carbocycles. The summed E-state index contributed by atoms with van der Waals surface area (Å²) in [6, 6.07) is 14.7. The van der Waals surface area contributed by atoms with E-state index in [4.69, 9.17) is 4.74 Å². The van der Waals surface area contributed by atoms with Gasteiger partial charge in [-0.05, 0) is 31.2 Å². The Hall–Kier alpha value is -2.18. The van der Waals surface area contributed by atoms with Gasteiger partial charge in [0, 0.05) is 0 Å². The van der Waals surface area contributed by atoms with Crippen molar-refractivity contribution in [3.8, 4) is 5.75 Å². The number of carbonyl (C=O) groups is 1. The molecule has 0 aliphatic heterocycles. The minimum Gasteiger partial charge on any atom is -0.426 e.